The molecule has 0 radical (unpaired) electrons. The number of carbonyl (C=O) groups is 2. The number of aromatic carboxylic acids is 1. The summed E-state index contributed by atoms with van der Waals surface area (Å²) in [6.45, 7) is 7.88. The Kier molecular flexibility index (Phi) is 5.10. The maximum atomic E-state index is 12.1. The Morgan fingerprint density at radius 2 is 1.79 bits per heavy atom. The van der Waals surface area contributed by atoms with Crippen molar-refractivity contribution in [3.05, 3.63) is 34.9 Å². The molecule has 0 saturated heterocycles. The molecule has 2 unspecified atom stereocenters. The second-order valence-electron chi connectivity index (χ2n) is 5.04. The first kappa shape index (κ1) is 15.2. The Bertz CT molecular complexity index is 482. The number of benzene rings is 1. The zero-order valence-corrected chi connectivity index (χ0v) is 11.9. The minimum Gasteiger partial charge on any atom is -0.478 e. The van der Waals surface area contributed by atoms with Gasteiger partial charge in [-0.25, -0.2) is 4.79 Å². The van der Waals surface area contributed by atoms with Gasteiger partial charge in [0.15, 0.2) is 0 Å². The fourth-order valence-electron chi connectivity index (χ4n) is 1.82. The van der Waals surface area contributed by atoms with E-state index >= 15 is 0 Å². The standard InChI is InChI=1S/C15H21NO3/c1-5-10(3)11(4)16-14(17)12-6-9(2)7-13(8-12)15(18)19/h6-8,10-11H,5H2,1-4H3,(H,16,17)(H,18,19). The molecule has 2 N–H and O–H groups in total. The molecule has 1 rings (SSSR count). The first-order valence-corrected chi connectivity index (χ1v) is 6.51. The highest BCUT2D eigenvalue weighted by Crippen LogP contribution is 2.12. The number of amides is 1. The molecule has 1 amide bonds. The van der Waals surface area contributed by atoms with E-state index in [0.29, 0.717) is 11.5 Å². The summed E-state index contributed by atoms with van der Waals surface area (Å²) in [5.74, 6) is -0.862. The zero-order chi connectivity index (χ0) is 14.6. The first-order valence-electron chi connectivity index (χ1n) is 6.51. The lowest BCUT2D eigenvalue weighted by atomic mass is 10.00. The van der Waals surface area contributed by atoms with Gasteiger partial charge in [-0.3, -0.25) is 4.79 Å². The molecule has 1 aromatic rings. The molecule has 19 heavy (non-hydrogen) atoms. The van der Waals surface area contributed by atoms with Gasteiger partial charge in [0.25, 0.3) is 5.91 Å². The average molecular weight is 263 g/mol. The third kappa shape index (κ3) is 4.09. The van der Waals surface area contributed by atoms with E-state index < -0.39 is 5.97 Å². The maximum absolute atomic E-state index is 12.1. The van der Waals surface area contributed by atoms with Gasteiger partial charge in [0.2, 0.25) is 0 Å². The van der Waals surface area contributed by atoms with Crippen molar-refractivity contribution in [3.63, 3.8) is 0 Å². The van der Waals surface area contributed by atoms with Crippen LogP contribution in [0.1, 0.15) is 53.5 Å². The first-order chi connectivity index (χ1) is 8.85. The van der Waals surface area contributed by atoms with E-state index in [1.165, 1.54) is 6.07 Å². The van der Waals surface area contributed by atoms with Crippen molar-refractivity contribution >= 4 is 11.9 Å². The molecular weight excluding hydrogens is 242 g/mol. The normalized spacial score (nSPS) is 13.7. The van der Waals surface area contributed by atoms with E-state index in [-0.39, 0.29) is 17.5 Å². The van der Waals surface area contributed by atoms with Crippen molar-refractivity contribution in [2.75, 3.05) is 0 Å². The van der Waals surface area contributed by atoms with Gasteiger partial charge in [-0.05, 0) is 43.5 Å². The zero-order valence-electron chi connectivity index (χ0n) is 11.9. The Hall–Kier alpha value is -1.84. The summed E-state index contributed by atoms with van der Waals surface area (Å²) in [6.07, 6.45) is 0.982. The summed E-state index contributed by atoms with van der Waals surface area (Å²) in [5, 5.41) is 11.9. The third-order valence-electron chi connectivity index (χ3n) is 3.44. The SMILES string of the molecule is CCC(C)C(C)NC(=O)c1cc(C)cc(C(=O)O)c1. The number of carbonyl (C=O) groups excluding carboxylic acids is 1. The smallest absolute Gasteiger partial charge is 0.335 e. The van der Waals surface area contributed by atoms with Crippen LogP contribution in [0.5, 0.6) is 0 Å². The van der Waals surface area contributed by atoms with E-state index in [0.717, 1.165) is 12.0 Å². The van der Waals surface area contributed by atoms with Crippen LogP contribution in [0.4, 0.5) is 0 Å². The van der Waals surface area contributed by atoms with Crippen LogP contribution in [0.15, 0.2) is 18.2 Å². The largest absolute Gasteiger partial charge is 0.478 e. The van der Waals surface area contributed by atoms with Crippen molar-refractivity contribution in [2.45, 2.75) is 40.2 Å². The summed E-state index contributed by atoms with van der Waals surface area (Å²) >= 11 is 0. The predicted octanol–water partition coefficient (Wildman–Crippen LogP) is 2.86. The van der Waals surface area contributed by atoms with Crippen LogP contribution in [0.3, 0.4) is 0 Å². The molecule has 0 fully saturated rings. The van der Waals surface area contributed by atoms with E-state index in [1.807, 2.05) is 6.92 Å². The molecule has 4 nitrogen and oxygen atoms in total. The second-order valence-corrected chi connectivity index (χ2v) is 5.04. The highest BCUT2D eigenvalue weighted by molar-refractivity contribution is 5.97. The molecule has 0 aliphatic carbocycles. The third-order valence-corrected chi connectivity index (χ3v) is 3.44. The molecule has 0 heterocycles. The van der Waals surface area contributed by atoms with Crippen LogP contribution in [0.2, 0.25) is 0 Å². The van der Waals surface area contributed by atoms with Gasteiger partial charge >= 0.3 is 5.97 Å². The number of hydrogen-bond acceptors (Lipinski definition) is 2. The molecule has 2 atom stereocenters. The number of nitrogens with one attached hydrogen (secondary N) is 1. The molecule has 0 saturated carbocycles. The van der Waals surface area contributed by atoms with Crippen LogP contribution in [0.25, 0.3) is 0 Å². The molecule has 1 aromatic carbocycles. The van der Waals surface area contributed by atoms with Gasteiger partial charge in [-0.1, -0.05) is 20.3 Å². The summed E-state index contributed by atoms with van der Waals surface area (Å²) in [4.78, 5) is 23.1. The molecule has 0 bridgehead atoms. The fraction of sp³-hybridized carbons (Fsp3) is 0.467. The van der Waals surface area contributed by atoms with Crippen LogP contribution < -0.4 is 5.32 Å². The molecule has 0 aliphatic rings. The van der Waals surface area contributed by atoms with Gasteiger partial charge in [-0.2, -0.15) is 0 Å². The number of hydrogen-bond donors (Lipinski definition) is 2. The summed E-state index contributed by atoms with van der Waals surface area (Å²) < 4.78 is 0. The van der Waals surface area contributed by atoms with Crippen LogP contribution in [-0.4, -0.2) is 23.0 Å². The molecule has 0 aliphatic heterocycles. The quantitative estimate of drug-likeness (QED) is 0.858. The summed E-state index contributed by atoms with van der Waals surface area (Å²) in [6, 6.07) is 4.72. The van der Waals surface area contributed by atoms with E-state index in [1.54, 1.807) is 19.1 Å². The average Bonchev–Trinajstić information content (AvgIpc) is 2.36. The van der Waals surface area contributed by atoms with Gasteiger partial charge < -0.3 is 10.4 Å². The van der Waals surface area contributed by atoms with Crippen molar-refractivity contribution in [1.29, 1.82) is 0 Å². The Balaban J connectivity index is 2.91. The lowest BCUT2D eigenvalue weighted by Crippen LogP contribution is -2.37. The van der Waals surface area contributed by atoms with Gasteiger partial charge in [0, 0.05) is 11.6 Å². The highest BCUT2D eigenvalue weighted by atomic mass is 16.4. The van der Waals surface area contributed by atoms with E-state index in [9.17, 15) is 9.59 Å². The Morgan fingerprint density at radius 3 is 2.32 bits per heavy atom. The monoisotopic (exact) mass is 263 g/mol. The molecular formula is C15H21NO3. The number of aryl methyl sites for hydroxylation is 1. The van der Waals surface area contributed by atoms with Gasteiger partial charge in [0.05, 0.1) is 5.56 Å². The topological polar surface area (TPSA) is 66.4 Å². The van der Waals surface area contributed by atoms with Crippen molar-refractivity contribution in [3.8, 4) is 0 Å². The summed E-state index contributed by atoms with van der Waals surface area (Å²) in [5.41, 5.74) is 1.30. The fourth-order valence-corrected chi connectivity index (χ4v) is 1.82. The maximum Gasteiger partial charge on any atom is 0.335 e. The molecule has 0 spiro atoms. The molecule has 0 aromatic heterocycles. The Morgan fingerprint density at radius 1 is 1.21 bits per heavy atom. The van der Waals surface area contributed by atoms with Gasteiger partial charge in [0.1, 0.15) is 0 Å². The Labute approximate surface area is 113 Å². The predicted molar refractivity (Wildman–Crippen MR) is 74.5 cm³/mol. The van der Waals surface area contributed by atoms with Crippen LogP contribution >= 0.6 is 0 Å². The van der Waals surface area contributed by atoms with E-state index in [2.05, 4.69) is 19.2 Å². The lowest BCUT2D eigenvalue weighted by Gasteiger charge is -2.20. The minimum absolute atomic E-state index is 0.0614. The number of carboxylic acids is 1. The minimum atomic E-state index is -1.02. The van der Waals surface area contributed by atoms with Gasteiger partial charge in [-0.15, -0.1) is 0 Å². The molecule has 4 heteroatoms. The van der Waals surface area contributed by atoms with Crippen molar-refractivity contribution < 1.29 is 14.7 Å². The van der Waals surface area contributed by atoms with Crippen LogP contribution in [0, 0.1) is 12.8 Å². The number of rotatable bonds is 5. The van der Waals surface area contributed by atoms with E-state index in [4.69, 9.17) is 5.11 Å². The lowest BCUT2D eigenvalue weighted by molar-refractivity contribution is 0.0696. The molecule has 104 valence electrons. The van der Waals surface area contributed by atoms with Crippen LogP contribution in [-0.2, 0) is 0 Å². The second kappa shape index (κ2) is 6.36. The number of carboxylic acid groups (broad SMARTS) is 1. The highest BCUT2D eigenvalue weighted by Gasteiger charge is 2.16. The van der Waals surface area contributed by atoms with Crippen molar-refractivity contribution in [2.24, 2.45) is 5.92 Å². The summed E-state index contributed by atoms with van der Waals surface area (Å²) in [7, 11) is 0. The van der Waals surface area contributed by atoms with Crippen molar-refractivity contribution in [1.82, 2.24) is 5.32 Å².